The highest BCUT2D eigenvalue weighted by molar-refractivity contribution is 6.76. The first-order chi connectivity index (χ1) is 8.31. The van der Waals surface area contributed by atoms with Gasteiger partial charge in [0.2, 0.25) is 0 Å². The number of carbonyl (C=O) groups excluding carboxylic acids is 1. The largest absolute Gasteiger partial charge is 0.370 e. The van der Waals surface area contributed by atoms with E-state index >= 15 is 0 Å². The van der Waals surface area contributed by atoms with E-state index in [0.29, 0.717) is 12.5 Å². The molecule has 0 amide bonds. The molecule has 1 aliphatic rings. The van der Waals surface area contributed by atoms with Crippen LogP contribution in [0.5, 0.6) is 0 Å². The Labute approximate surface area is 113 Å². The minimum atomic E-state index is -1.08. The van der Waals surface area contributed by atoms with Gasteiger partial charge in [-0.2, -0.15) is 0 Å². The third kappa shape index (κ3) is 5.21. The van der Waals surface area contributed by atoms with Crippen LogP contribution in [0.15, 0.2) is 24.4 Å². The number of carbonyl (C=O) groups is 1. The molecule has 1 heterocycles. The second-order valence-electron chi connectivity index (χ2n) is 6.59. The van der Waals surface area contributed by atoms with E-state index in [2.05, 4.69) is 38.0 Å². The van der Waals surface area contributed by atoms with Crippen molar-refractivity contribution in [1.29, 1.82) is 0 Å². The molecule has 0 aromatic carbocycles. The van der Waals surface area contributed by atoms with Gasteiger partial charge in [-0.1, -0.05) is 45.1 Å². The summed E-state index contributed by atoms with van der Waals surface area (Å²) in [5.41, 5.74) is 1.31. The molecule has 1 aliphatic heterocycles. The Morgan fingerprint density at radius 2 is 2.17 bits per heavy atom. The van der Waals surface area contributed by atoms with Crippen molar-refractivity contribution in [3.8, 4) is 0 Å². The first-order valence-corrected chi connectivity index (χ1v) is 10.7. The van der Waals surface area contributed by atoms with Gasteiger partial charge in [0.25, 0.3) is 0 Å². The number of nitrogens with zero attached hydrogens (tertiary/aromatic N) is 1. The molecule has 0 spiro atoms. The summed E-state index contributed by atoms with van der Waals surface area (Å²) < 4.78 is 0. The van der Waals surface area contributed by atoms with Crippen molar-refractivity contribution in [2.45, 2.75) is 57.9 Å². The van der Waals surface area contributed by atoms with E-state index in [1.54, 1.807) is 6.08 Å². The number of hydrogen-bond acceptors (Lipinski definition) is 2. The first kappa shape index (κ1) is 15.2. The van der Waals surface area contributed by atoms with Crippen molar-refractivity contribution in [2.75, 3.05) is 6.54 Å². The van der Waals surface area contributed by atoms with Crippen LogP contribution in [0.1, 0.15) is 26.2 Å². The normalized spacial score (nSPS) is 20.3. The molecule has 0 aromatic heterocycles. The van der Waals surface area contributed by atoms with Crippen LogP contribution in [0.25, 0.3) is 0 Å². The molecular formula is C15H27NOSi. The summed E-state index contributed by atoms with van der Waals surface area (Å²) in [6, 6.07) is 1.55. The Morgan fingerprint density at radius 3 is 2.72 bits per heavy atom. The standard InChI is InChI=1S/C15H27NOSi/c1-6-7-14-10-15(17)8-9-16(14)11-13(2)12-18(3,4)5/h8-9,14H,2,6-7,10-12H2,1,3-5H3. The number of rotatable bonds is 6. The Kier molecular flexibility index (Phi) is 5.39. The van der Waals surface area contributed by atoms with Crippen molar-refractivity contribution >= 4 is 13.9 Å². The van der Waals surface area contributed by atoms with Crippen LogP contribution in [0.3, 0.4) is 0 Å². The summed E-state index contributed by atoms with van der Waals surface area (Å²) in [6.07, 6.45) is 6.58. The maximum atomic E-state index is 11.5. The fraction of sp³-hybridized carbons (Fsp3) is 0.667. The maximum absolute atomic E-state index is 11.5. The number of allylic oxidation sites excluding steroid dienone is 1. The van der Waals surface area contributed by atoms with Crippen LogP contribution in [-0.4, -0.2) is 31.3 Å². The lowest BCUT2D eigenvalue weighted by Crippen LogP contribution is -2.37. The number of hydrogen-bond donors (Lipinski definition) is 0. The SMILES string of the molecule is C=C(CN1C=CC(=O)CC1CCC)C[Si](C)(C)C. The van der Waals surface area contributed by atoms with Crippen LogP contribution in [0, 0.1) is 0 Å². The zero-order valence-electron chi connectivity index (χ0n) is 12.3. The van der Waals surface area contributed by atoms with Crippen molar-refractivity contribution < 1.29 is 4.79 Å². The molecule has 0 saturated carbocycles. The van der Waals surface area contributed by atoms with Gasteiger partial charge in [-0.3, -0.25) is 4.79 Å². The van der Waals surface area contributed by atoms with Gasteiger partial charge in [-0.25, -0.2) is 0 Å². The quantitative estimate of drug-likeness (QED) is 0.537. The van der Waals surface area contributed by atoms with Gasteiger partial charge in [0.05, 0.1) is 0 Å². The highest BCUT2D eigenvalue weighted by Crippen LogP contribution is 2.21. The Morgan fingerprint density at radius 1 is 1.50 bits per heavy atom. The van der Waals surface area contributed by atoms with Gasteiger partial charge in [0.1, 0.15) is 0 Å². The first-order valence-electron chi connectivity index (χ1n) is 6.95. The monoisotopic (exact) mass is 265 g/mol. The van der Waals surface area contributed by atoms with Crippen LogP contribution < -0.4 is 0 Å². The maximum Gasteiger partial charge on any atom is 0.159 e. The van der Waals surface area contributed by atoms with E-state index in [0.717, 1.165) is 19.4 Å². The minimum absolute atomic E-state index is 0.264. The second-order valence-corrected chi connectivity index (χ2v) is 12.1. The molecule has 1 atom stereocenters. The molecule has 0 aromatic rings. The highest BCUT2D eigenvalue weighted by Gasteiger charge is 2.23. The molecule has 0 bridgehead atoms. The van der Waals surface area contributed by atoms with Gasteiger partial charge in [-0.15, -0.1) is 0 Å². The topological polar surface area (TPSA) is 20.3 Å². The molecule has 18 heavy (non-hydrogen) atoms. The van der Waals surface area contributed by atoms with Crippen molar-refractivity contribution in [3.05, 3.63) is 24.4 Å². The van der Waals surface area contributed by atoms with Crippen molar-refractivity contribution in [1.82, 2.24) is 4.90 Å². The summed E-state index contributed by atoms with van der Waals surface area (Å²) in [7, 11) is -1.08. The Hall–Kier alpha value is -0.833. The van der Waals surface area contributed by atoms with E-state index in [-0.39, 0.29) is 5.78 Å². The minimum Gasteiger partial charge on any atom is -0.370 e. The molecule has 0 saturated heterocycles. The molecule has 3 heteroatoms. The Balaban J connectivity index is 2.60. The van der Waals surface area contributed by atoms with Crippen LogP contribution >= 0.6 is 0 Å². The van der Waals surface area contributed by atoms with Crippen molar-refractivity contribution in [2.24, 2.45) is 0 Å². The van der Waals surface area contributed by atoms with Crippen molar-refractivity contribution in [3.63, 3.8) is 0 Å². The molecule has 2 nitrogen and oxygen atoms in total. The molecule has 0 N–H and O–H groups in total. The average molecular weight is 265 g/mol. The van der Waals surface area contributed by atoms with Gasteiger partial charge >= 0.3 is 0 Å². The lowest BCUT2D eigenvalue weighted by atomic mass is 10.0. The van der Waals surface area contributed by atoms with E-state index < -0.39 is 8.07 Å². The van der Waals surface area contributed by atoms with Gasteiger partial charge < -0.3 is 4.90 Å². The van der Waals surface area contributed by atoms with Gasteiger partial charge in [-0.05, 0) is 18.5 Å². The van der Waals surface area contributed by atoms with Gasteiger partial charge in [0, 0.05) is 33.3 Å². The van der Waals surface area contributed by atoms with E-state index in [1.807, 2.05) is 6.20 Å². The highest BCUT2D eigenvalue weighted by atomic mass is 28.3. The van der Waals surface area contributed by atoms with E-state index in [4.69, 9.17) is 0 Å². The zero-order chi connectivity index (χ0) is 13.8. The lowest BCUT2D eigenvalue weighted by molar-refractivity contribution is -0.116. The zero-order valence-corrected chi connectivity index (χ0v) is 13.3. The molecule has 1 unspecified atom stereocenters. The smallest absolute Gasteiger partial charge is 0.159 e. The second kappa shape index (κ2) is 6.37. The van der Waals surface area contributed by atoms with E-state index in [1.165, 1.54) is 11.6 Å². The number of ketones is 1. The lowest BCUT2D eigenvalue weighted by Gasteiger charge is -2.34. The molecule has 0 fully saturated rings. The molecule has 0 aliphatic carbocycles. The van der Waals surface area contributed by atoms with Gasteiger partial charge in [0.15, 0.2) is 5.78 Å². The predicted molar refractivity (Wildman–Crippen MR) is 81.5 cm³/mol. The van der Waals surface area contributed by atoms with E-state index in [9.17, 15) is 4.79 Å². The predicted octanol–water partition coefficient (Wildman–Crippen LogP) is 3.84. The summed E-state index contributed by atoms with van der Waals surface area (Å²) in [6.45, 7) is 14.4. The summed E-state index contributed by atoms with van der Waals surface area (Å²) >= 11 is 0. The van der Waals surface area contributed by atoms with Crippen LogP contribution in [0.2, 0.25) is 25.7 Å². The summed E-state index contributed by atoms with van der Waals surface area (Å²) in [5, 5.41) is 0. The molecular weight excluding hydrogens is 238 g/mol. The molecule has 102 valence electrons. The third-order valence-corrected chi connectivity index (χ3v) is 4.73. The molecule has 0 radical (unpaired) electrons. The molecule has 1 rings (SSSR count). The van der Waals surface area contributed by atoms with Crippen LogP contribution in [0.4, 0.5) is 0 Å². The fourth-order valence-electron chi connectivity index (χ4n) is 2.57. The third-order valence-electron chi connectivity index (χ3n) is 3.17. The summed E-state index contributed by atoms with van der Waals surface area (Å²) in [4.78, 5) is 13.8. The summed E-state index contributed by atoms with van der Waals surface area (Å²) in [5.74, 6) is 0.264. The van der Waals surface area contributed by atoms with Crippen LogP contribution in [-0.2, 0) is 4.79 Å². The Bertz CT molecular complexity index is 341. The fourth-order valence-corrected chi connectivity index (χ4v) is 4.18. The average Bonchev–Trinajstić information content (AvgIpc) is 2.20.